The van der Waals surface area contributed by atoms with Crippen molar-refractivity contribution in [2.75, 3.05) is 11.6 Å². The molecule has 2 aromatic heterocycles. The van der Waals surface area contributed by atoms with Crippen LogP contribution in [0.25, 0.3) is 21.5 Å². The van der Waals surface area contributed by atoms with Gasteiger partial charge in [-0.2, -0.15) is 0 Å². The average molecular weight is 416 g/mol. The van der Waals surface area contributed by atoms with Crippen LogP contribution in [-0.4, -0.2) is 22.3 Å². The third kappa shape index (κ3) is 3.45. The van der Waals surface area contributed by atoms with Crippen LogP contribution in [0.3, 0.4) is 0 Å². The number of thiazole rings is 1. The molecule has 136 valence electrons. The van der Waals surface area contributed by atoms with Crippen molar-refractivity contribution in [3.05, 3.63) is 58.8 Å². The second-order valence-electron chi connectivity index (χ2n) is 5.75. The number of hydrogen-bond donors (Lipinski definition) is 1. The Kier molecular flexibility index (Phi) is 4.90. The van der Waals surface area contributed by atoms with E-state index < -0.39 is 0 Å². The van der Waals surface area contributed by atoms with Gasteiger partial charge in [-0.3, -0.25) is 10.1 Å². The lowest BCUT2D eigenvalue weighted by molar-refractivity contribution is 0.102. The number of carbonyl (C=O) groups is 1. The van der Waals surface area contributed by atoms with Crippen molar-refractivity contribution in [1.82, 2.24) is 10.1 Å². The van der Waals surface area contributed by atoms with Gasteiger partial charge in [-0.15, -0.1) is 11.8 Å². The molecule has 4 aromatic rings. The van der Waals surface area contributed by atoms with Gasteiger partial charge in [0.05, 0.1) is 15.2 Å². The van der Waals surface area contributed by atoms with Crippen LogP contribution < -0.4 is 5.32 Å². The molecule has 0 aliphatic carbocycles. The maximum Gasteiger partial charge on any atom is 0.263 e. The van der Waals surface area contributed by atoms with Gasteiger partial charge in [0, 0.05) is 10.5 Å². The molecule has 5 nitrogen and oxygen atoms in total. The Bertz CT molecular complexity index is 1150. The Morgan fingerprint density at radius 2 is 2.07 bits per heavy atom. The Balaban J connectivity index is 1.68. The number of nitrogens with zero attached hydrogens (tertiary/aromatic N) is 2. The predicted octanol–water partition coefficient (Wildman–Crippen LogP) is 5.89. The monoisotopic (exact) mass is 415 g/mol. The van der Waals surface area contributed by atoms with Gasteiger partial charge in [-0.1, -0.05) is 46.3 Å². The molecule has 0 bridgehead atoms. The van der Waals surface area contributed by atoms with Gasteiger partial charge in [0.2, 0.25) is 0 Å². The summed E-state index contributed by atoms with van der Waals surface area (Å²) in [5.41, 5.74) is 2.27. The quantitative estimate of drug-likeness (QED) is 0.421. The van der Waals surface area contributed by atoms with E-state index in [0.717, 1.165) is 15.1 Å². The van der Waals surface area contributed by atoms with Crippen molar-refractivity contribution < 1.29 is 9.32 Å². The fraction of sp³-hybridized carbons (Fsp3) is 0.105. The number of aryl methyl sites for hydroxylation is 1. The third-order valence-corrected chi connectivity index (χ3v) is 6.02. The number of fused-ring (bicyclic) bond motifs is 1. The maximum absolute atomic E-state index is 12.9. The minimum Gasteiger partial charge on any atom is -0.360 e. The van der Waals surface area contributed by atoms with Crippen LogP contribution in [0, 0.1) is 6.92 Å². The van der Waals surface area contributed by atoms with E-state index in [1.54, 1.807) is 30.8 Å². The molecule has 0 saturated carbocycles. The average Bonchev–Trinajstić information content (AvgIpc) is 3.24. The smallest absolute Gasteiger partial charge is 0.263 e. The van der Waals surface area contributed by atoms with Crippen LogP contribution in [0.2, 0.25) is 5.02 Å². The molecule has 1 N–H and O–H groups in total. The number of carbonyl (C=O) groups excluding carboxylic acids is 1. The zero-order valence-corrected chi connectivity index (χ0v) is 16.8. The van der Waals surface area contributed by atoms with Gasteiger partial charge in [-0.05, 0) is 37.4 Å². The minimum atomic E-state index is -0.326. The number of hydrogen-bond acceptors (Lipinski definition) is 6. The van der Waals surface area contributed by atoms with E-state index >= 15 is 0 Å². The van der Waals surface area contributed by atoms with E-state index in [1.807, 2.05) is 30.5 Å². The lowest BCUT2D eigenvalue weighted by Crippen LogP contribution is -2.13. The van der Waals surface area contributed by atoms with Gasteiger partial charge < -0.3 is 4.52 Å². The highest BCUT2D eigenvalue weighted by Crippen LogP contribution is 2.33. The number of benzene rings is 2. The molecule has 0 saturated heterocycles. The van der Waals surface area contributed by atoms with Crippen molar-refractivity contribution >= 4 is 56.0 Å². The fourth-order valence-corrected chi connectivity index (χ4v) is 4.36. The summed E-state index contributed by atoms with van der Waals surface area (Å²) in [6.45, 7) is 1.70. The number of aromatic nitrogens is 2. The second-order valence-corrected chi connectivity index (χ2v) is 8.07. The first kappa shape index (κ1) is 18.0. The molecule has 0 fully saturated rings. The van der Waals surface area contributed by atoms with Crippen LogP contribution >= 0.6 is 34.7 Å². The fourth-order valence-electron chi connectivity index (χ4n) is 2.72. The highest BCUT2D eigenvalue weighted by Gasteiger charge is 2.23. The number of anilines is 1. The van der Waals surface area contributed by atoms with Crippen LogP contribution in [-0.2, 0) is 0 Å². The van der Waals surface area contributed by atoms with E-state index in [9.17, 15) is 4.79 Å². The topological polar surface area (TPSA) is 68.0 Å². The zero-order valence-electron chi connectivity index (χ0n) is 14.4. The van der Waals surface area contributed by atoms with E-state index in [4.69, 9.17) is 16.1 Å². The molecular weight excluding hydrogens is 402 g/mol. The normalized spacial score (nSPS) is 11.1. The lowest BCUT2D eigenvalue weighted by atomic mass is 10.1. The highest BCUT2D eigenvalue weighted by atomic mass is 35.5. The molecule has 4 rings (SSSR count). The molecule has 0 spiro atoms. The summed E-state index contributed by atoms with van der Waals surface area (Å²) in [6, 6.07) is 13.2. The van der Waals surface area contributed by atoms with E-state index in [-0.39, 0.29) is 5.91 Å². The molecule has 0 aliphatic rings. The standard InChI is InChI=1S/C19H14ClN3O2S2/c1-10-16(17(23-25-10)12-5-3-4-6-13(12)20)18(24)22-19-21-14-8-7-11(26-2)9-15(14)27-19/h3-9H,1-2H3,(H,21,22,24). The molecule has 0 aliphatic heterocycles. The van der Waals surface area contributed by atoms with E-state index in [2.05, 4.69) is 21.5 Å². The number of nitrogens with one attached hydrogen (secondary N) is 1. The molecule has 2 aromatic carbocycles. The molecule has 0 atom stereocenters. The van der Waals surface area contributed by atoms with Crippen molar-refractivity contribution in [3.63, 3.8) is 0 Å². The molecule has 0 unspecified atom stereocenters. The summed E-state index contributed by atoms with van der Waals surface area (Å²) in [5, 5.41) is 7.93. The number of amides is 1. The van der Waals surface area contributed by atoms with Crippen molar-refractivity contribution in [1.29, 1.82) is 0 Å². The van der Waals surface area contributed by atoms with Gasteiger partial charge in [0.15, 0.2) is 5.13 Å². The summed E-state index contributed by atoms with van der Waals surface area (Å²) in [5.74, 6) is 0.0982. The maximum atomic E-state index is 12.9. The van der Waals surface area contributed by atoms with E-state index in [0.29, 0.717) is 32.7 Å². The first-order valence-electron chi connectivity index (χ1n) is 8.04. The van der Waals surface area contributed by atoms with Crippen LogP contribution in [0.4, 0.5) is 5.13 Å². The summed E-state index contributed by atoms with van der Waals surface area (Å²) in [6.07, 6.45) is 2.02. The largest absolute Gasteiger partial charge is 0.360 e. The Labute approximate surface area is 168 Å². The van der Waals surface area contributed by atoms with Crippen LogP contribution in [0.15, 0.2) is 51.9 Å². The molecule has 27 heavy (non-hydrogen) atoms. The summed E-state index contributed by atoms with van der Waals surface area (Å²) >= 11 is 9.36. The second kappa shape index (κ2) is 7.34. The number of rotatable bonds is 4. The zero-order chi connectivity index (χ0) is 19.0. The van der Waals surface area contributed by atoms with Crippen LogP contribution in [0.1, 0.15) is 16.1 Å². The Hall–Kier alpha value is -2.35. The van der Waals surface area contributed by atoms with Gasteiger partial charge >= 0.3 is 0 Å². The van der Waals surface area contributed by atoms with Crippen molar-refractivity contribution in [2.24, 2.45) is 0 Å². The minimum absolute atomic E-state index is 0.326. The van der Waals surface area contributed by atoms with Crippen molar-refractivity contribution in [3.8, 4) is 11.3 Å². The number of thioether (sulfide) groups is 1. The Morgan fingerprint density at radius 1 is 1.26 bits per heavy atom. The predicted molar refractivity (Wildman–Crippen MR) is 111 cm³/mol. The molecule has 1 amide bonds. The summed E-state index contributed by atoms with van der Waals surface area (Å²) in [7, 11) is 0. The van der Waals surface area contributed by atoms with Gasteiger partial charge in [0.1, 0.15) is 17.0 Å². The molecule has 8 heteroatoms. The van der Waals surface area contributed by atoms with Crippen molar-refractivity contribution in [2.45, 2.75) is 11.8 Å². The molecule has 2 heterocycles. The number of halogens is 1. The first-order chi connectivity index (χ1) is 13.1. The highest BCUT2D eigenvalue weighted by molar-refractivity contribution is 7.98. The SMILES string of the molecule is CSc1ccc2nc(NC(=O)c3c(-c4ccccc4Cl)noc3C)sc2c1. The Morgan fingerprint density at radius 3 is 2.85 bits per heavy atom. The van der Waals surface area contributed by atoms with Crippen LogP contribution in [0.5, 0.6) is 0 Å². The molecule has 0 radical (unpaired) electrons. The third-order valence-electron chi connectivity index (χ3n) is 4.03. The first-order valence-corrected chi connectivity index (χ1v) is 10.5. The molecular formula is C19H14ClN3O2S2. The van der Waals surface area contributed by atoms with Gasteiger partial charge in [0.25, 0.3) is 5.91 Å². The lowest BCUT2D eigenvalue weighted by Gasteiger charge is -2.04. The summed E-state index contributed by atoms with van der Waals surface area (Å²) < 4.78 is 6.28. The van der Waals surface area contributed by atoms with Gasteiger partial charge in [-0.25, -0.2) is 4.98 Å². The summed E-state index contributed by atoms with van der Waals surface area (Å²) in [4.78, 5) is 18.6. The van der Waals surface area contributed by atoms with E-state index in [1.165, 1.54) is 11.3 Å².